The van der Waals surface area contributed by atoms with Gasteiger partial charge in [-0.25, -0.2) is 0 Å². The predicted molar refractivity (Wildman–Crippen MR) is 87.2 cm³/mol. The van der Waals surface area contributed by atoms with Gasteiger partial charge in [0.2, 0.25) is 0 Å². The summed E-state index contributed by atoms with van der Waals surface area (Å²) in [4.78, 5) is 0. The molecule has 0 aromatic heterocycles. The maximum atomic E-state index is 6.37. The highest BCUT2D eigenvalue weighted by molar-refractivity contribution is 7.99. The Kier molecular flexibility index (Phi) is 6.55. The first-order valence-corrected chi connectivity index (χ1v) is 8.90. The Bertz CT molecular complexity index is 377. The van der Waals surface area contributed by atoms with E-state index in [9.17, 15) is 0 Å². The number of benzene rings is 1. The van der Waals surface area contributed by atoms with E-state index in [1.54, 1.807) is 0 Å². The molecule has 1 aromatic carbocycles. The van der Waals surface area contributed by atoms with Gasteiger partial charge in [-0.1, -0.05) is 36.7 Å². The minimum Gasteiger partial charge on any atom is -0.310 e. The molecule has 0 spiro atoms. The first-order valence-electron chi connectivity index (χ1n) is 7.36. The van der Waals surface area contributed by atoms with Crippen molar-refractivity contribution in [2.24, 2.45) is 5.92 Å². The molecule has 1 N–H and O–H groups in total. The van der Waals surface area contributed by atoms with Crippen molar-refractivity contribution in [3.63, 3.8) is 0 Å². The van der Waals surface area contributed by atoms with Crippen LogP contribution in [0.4, 0.5) is 0 Å². The molecule has 1 aliphatic rings. The Balaban J connectivity index is 2.04. The SMILES string of the molecule is CCCNC(CC1CCSCC1)c1ccccc1Cl. The summed E-state index contributed by atoms with van der Waals surface area (Å²) in [5, 5.41) is 4.59. The predicted octanol–water partition coefficient (Wildman–Crippen LogP) is 4.91. The molecule has 0 aliphatic carbocycles. The number of nitrogens with one attached hydrogen (secondary N) is 1. The molecule has 2 rings (SSSR count). The first kappa shape index (κ1) is 15.2. The fourth-order valence-electron chi connectivity index (χ4n) is 2.71. The smallest absolute Gasteiger partial charge is 0.0453 e. The summed E-state index contributed by atoms with van der Waals surface area (Å²) >= 11 is 8.47. The van der Waals surface area contributed by atoms with Crippen LogP contribution in [0.5, 0.6) is 0 Å². The van der Waals surface area contributed by atoms with Crippen LogP contribution < -0.4 is 5.32 Å². The fourth-order valence-corrected chi connectivity index (χ4v) is 4.18. The Hall–Kier alpha value is -0.180. The Morgan fingerprint density at radius 3 is 2.74 bits per heavy atom. The van der Waals surface area contributed by atoms with Gasteiger partial charge in [0.25, 0.3) is 0 Å². The summed E-state index contributed by atoms with van der Waals surface area (Å²) in [6.07, 6.45) is 5.12. The van der Waals surface area contributed by atoms with Crippen LogP contribution in [0, 0.1) is 5.92 Å². The molecule has 1 saturated heterocycles. The second kappa shape index (κ2) is 8.18. The number of halogens is 1. The van der Waals surface area contributed by atoms with Crippen molar-refractivity contribution in [2.75, 3.05) is 18.1 Å². The zero-order chi connectivity index (χ0) is 13.5. The monoisotopic (exact) mass is 297 g/mol. The van der Waals surface area contributed by atoms with Gasteiger partial charge in [-0.05, 0) is 61.3 Å². The van der Waals surface area contributed by atoms with Gasteiger partial charge in [0.1, 0.15) is 0 Å². The van der Waals surface area contributed by atoms with E-state index in [2.05, 4.69) is 36.1 Å². The van der Waals surface area contributed by atoms with Gasteiger partial charge in [0, 0.05) is 11.1 Å². The number of hydrogen-bond acceptors (Lipinski definition) is 2. The Labute approximate surface area is 126 Å². The zero-order valence-electron chi connectivity index (χ0n) is 11.7. The van der Waals surface area contributed by atoms with E-state index in [4.69, 9.17) is 11.6 Å². The van der Waals surface area contributed by atoms with Gasteiger partial charge >= 0.3 is 0 Å². The molecule has 1 unspecified atom stereocenters. The van der Waals surface area contributed by atoms with Gasteiger partial charge in [-0.15, -0.1) is 0 Å². The highest BCUT2D eigenvalue weighted by Crippen LogP contribution is 2.33. The molecule has 1 nitrogen and oxygen atoms in total. The van der Waals surface area contributed by atoms with Gasteiger partial charge in [0.05, 0.1) is 0 Å². The minimum absolute atomic E-state index is 0.418. The molecule has 106 valence electrons. The van der Waals surface area contributed by atoms with Crippen LogP contribution in [0.25, 0.3) is 0 Å². The molecule has 0 saturated carbocycles. The van der Waals surface area contributed by atoms with Crippen molar-refractivity contribution in [1.82, 2.24) is 5.32 Å². The van der Waals surface area contributed by atoms with Gasteiger partial charge in [-0.2, -0.15) is 11.8 Å². The second-order valence-electron chi connectivity index (χ2n) is 5.32. The third-order valence-electron chi connectivity index (χ3n) is 3.83. The molecule has 0 radical (unpaired) electrons. The average Bonchev–Trinajstić information content (AvgIpc) is 2.45. The maximum absolute atomic E-state index is 6.37. The number of hydrogen-bond donors (Lipinski definition) is 1. The third kappa shape index (κ3) is 4.70. The van der Waals surface area contributed by atoms with E-state index in [0.29, 0.717) is 6.04 Å². The first-order chi connectivity index (χ1) is 9.31. The molecule has 1 aliphatic heterocycles. The average molecular weight is 298 g/mol. The number of thioether (sulfide) groups is 1. The van der Waals surface area contributed by atoms with E-state index < -0.39 is 0 Å². The lowest BCUT2D eigenvalue weighted by Gasteiger charge is -2.28. The number of rotatable bonds is 6. The standard InChI is InChI=1S/C16H24ClNS/c1-2-9-18-16(12-13-7-10-19-11-8-13)14-5-3-4-6-15(14)17/h3-6,13,16,18H,2,7-12H2,1H3. The summed E-state index contributed by atoms with van der Waals surface area (Å²) < 4.78 is 0. The van der Waals surface area contributed by atoms with Crippen LogP contribution in [0.2, 0.25) is 5.02 Å². The van der Waals surface area contributed by atoms with Crippen LogP contribution in [0.1, 0.15) is 44.2 Å². The Morgan fingerprint density at radius 1 is 1.32 bits per heavy atom. The topological polar surface area (TPSA) is 12.0 Å². The van der Waals surface area contributed by atoms with E-state index in [-0.39, 0.29) is 0 Å². The summed E-state index contributed by atoms with van der Waals surface area (Å²) in [5.74, 6) is 3.51. The molecule has 1 atom stereocenters. The normalized spacial score (nSPS) is 18.4. The van der Waals surface area contributed by atoms with Crippen LogP contribution in [0.15, 0.2) is 24.3 Å². The van der Waals surface area contributed by atoms with Gasteiger partial charge in [0.15, 0.2) is 0 Å². The van der Waals surface area contributed by atoms with Crippen molar-refractivity contribution in [1.29, 1.82) is 0 Å². The van der Waals surface area contributed by atoms with Crippen molar-refractivity contribution >= 4 is 23.4 Å². The van der Waals surface area contributed by atoms with E-state index in [0.717, 1.165) is 17.5 Å². The quantitative estimate of drug-likeness (QED) is 0.800. The highest BCUT2D eigenvalue weighted by Gasteiger charge is 2.21. The lowest BCUT2D eigenvalue weighted by molar-refractivity contribution is 0.370. The lowest BCUT2D eigenvalue weighted by Crippen LogP contribution is -2.26. The van der Waals surface area contributed by atoms with Crippen molar-refractivity contribution < 1.29 is 0 Å². The molecule has 1 heterocycles. The molecule has 3 heteroatoms. The Morgan fingerprint density at radius 2 is 2.05 bits per heavy atom. The molecular weight excluding hydrogens is 274 g/mol. The molecule has 0 amide bonds. The summed E-state index contributed by atoms with van der Waals surface area (Å²) in [5.41, 5.74) is 1.27. The van der Waals surface area contributed by atoms with Crippen LogP contribution in [0.3, 0.4) is 0 Å². The fraction of sp³-hybridized carbons (Fsp3) is 0.625. The van der Waals surface area contributed by atoms with Crippen molar-refractivity contribution in [3.05, 3.63) is 34.9 Å². The molecular formula is C16H24ClNS. The van der Waals surface area contributed by atoms with E-state index >= 15 is 0 Å². The lowest BCUT2D eigenvalue weighted by atomic mass is 9.90. The second-order valence-corrected chi connectivity index (χ2v) is 6.95. The highest BCUT2D eigenvalue weighted by atomic mass is 35.5. The zero-order valence-corrected chi connectivity index (χ0v) is 13.3. The summed E-state index contributed by atoms with van der Waals surface area (Å²) in [7, 11) is 0. The molecule has 1 aromatic rings. The van der Waals surface area contributed by atoms with Gasteiger partial charge < -0.3 is 5.32 Å². The van der Waals surface area contributed by atoms with Crippen LogP contribution in [-0.2, 0) is 0 Å². The van der Waals surface area contributed by atoms with Gasteiger partial charge in [-0.3, -0.25) is 0 Å². The molecule has 1 fully saturated rings. The minimum atomic E-state index is 0.418. The largest absolute Gasteiger partial charge is 0.310 e. The van der Waals surface area contributed by atoms with Crippen molar-refractivity contribution in [3.8, 4) is 0 Å². The molecule has 0 bridgehead atoms. The van der Waals surface area contributed by atoms with E-state index in [1.165, 1.54) is 42.8 Å². The van der Waals surface area contributed by atoms with Crippen LogP contribution in [-0.4, -0.2) is 18.1 Å². The molecule has 19 heavy (non-hydrogen) atoms. The van der Waals surface area contributed by atoms with Crippen LogP contribution >= 0.6 is 23.4 Å². The van der Waals surface area contributed by atoms with E-state index in [1.807, 2.05) is 12.1 Å². The summed E-state index contributed by atoms with van der Waals surface area (Å²) in [6, 6.07) is 8.71. The maximum Gasteiger partial charge on any atom is 0.0453 e. The third-order valence-corrected chi connectivity index (χ3v) is 5.22. The summed E-state index contributed by atoms with van der Waals surface area (Å²) in [6.45, 7) is 3.28. The van der Waals surface area contributed by atoms with Crippen molar-refractivity contribution in [2.45, 2.75) is 38.6 Å².